The van der Waals surface area contributed by atoms with E-state index >= 15 is 0 Å². The number of rotatable bonds is 8. The van der Waals surface area contributed by atoms with Gasteiger partial charge in [0.25, 0.3) is 0 Å². The number of nitrogens with one attached hydrogen (secondary N) is 2. The van der Waals surface area contributed by atoms with Gasteiger partial charge in [0.05, 0.1) is 0 Å². The Labute approximate surface area is 205 Å². The zero-order valence-electron chi connectivity index (χ0n) is 20.2. The number of likely N-dealkylation sites (tertiary alicyclic amines) is 1. The highest BCUT2D eigenvalue weighted by Crippen LogP contribution is 2.40. The molecule has 1 aliphatic carbocycles. The number of nitrogens with zero attached hydrogens (tertiary/aromatic N) is 2. The number of nitrogen functional groups attached to an aromatic ring is 1. The Morgan fingerprint density at radius 2 is 2.00 bits per heavy atom. The van der Waals surface area contributed by atoms with E-state index in [9.17, 15) is 19.5 Å². The van der Waals surface area contributed by atoms with Gasteiger partial charge in [-0.05, 0) is 74.1 Å². The molecule has 186 valence electrons. The first-order valence-electron chi connectivity index (χ1n) is 12.1. The van der Waals surface area contributed by atoms with Crippen molar-refractivity contribution in [1.29, 1.82) is 0 Å². The molecule has 0 radical (unpaired) electrons. The van der Waals surface area contributed by atoms with Crippen LogP contribution in [0.1, 0.15) is 54.5 Å². The molecule has 9 heteroatoms. The number of hydrogen-bond acceptors (Lipinski definition) is 5. The molecule has 2 heterocycles. The maximum absolute atomic E-state index is 13.0. The first-order chi connectivity index (χ1) is 16.7. The molecule has 0 bridgehead atoms. The number of aryl methyl sites for hydroxylation is 1. The summed E-state index contributed by atoms with van der Waals surface area (Å²) in [6.07, 6.45) is 2.48. The third-order valence-electron chi connectivity index (χ3n) is 6.88. The van der Waals surface area contributed by atoms with Gasteiger partial charge in [-0.3, -0.25) is 14.5 Å². The number of pyridine rings is 1. The van der Waals surface area contributed by atoms with Gasteiger partial charge in [0.15, 0.2) is 0 Å². The molecule has 2 fully saturated rings. The second-order valence-electron chi connectivity index (χ2n) is 9.70. The summed E-state index contributed by atoms with van der Waals surface area (Å²) in [5, 5.41) is 15.2. The molecular formula is C26H33N5O4. The predicted octanol–water partition coefficient (Wildman–Crippen LogP) is 2.58. The number of carbonyl (C=O) groups excluding carboxylic acids is 2. The fourth-order valence-corrected chi connectivity index (χ4v) is 4.76. The summed E-state index contributed by atoms with van der Waals surface area (Å²) < 4.78 is 0. The van der Waals surface area contributed by atoms with Crippen LogP contribution in [-0.2, 0) is 22.6 Å². The lowest BCUT2D eigenvalue weighted by Gasteiger charge is -2.22. The third-order valence-corrected chi connectivity index (χ3v) is 6.88. The monoisotopic (exact) mass is 479 g/mol. The molecule has 5 N–H and O–H groups in total. The van der Waals surface area contributed by atoms with E-state index in [1.807, 2.05) is 6.92 Å². The predicted molar refractivity (Wildman–Crippen MR) is 132 cm³/mol. The molecule has 1 aromatic carbocycles. The summed E-state index contributed by atoms with van der Waals surface area (Å²) >= 11 is 0. The first kappa shape index (κ1) is 24.5. The van der Waals surface area contributed by atoms with Crippen molar-refractivity contribution in [3.05, 3.63) is 58.8 Å². The van der Waals surface area contributed by atoms with E-state index in [0.717, 1.165) is 17.7 Å². The van der Waals surface area contributed by atoms with Crippen molar-refractivity contribution in [3.8, 4) is 0 Å². The number of nitrogens with two attached hydrogens (primary N) is 1. The van der Waals surface area contributed by atoms with E-state index in [-0.39, 0.29) is 18.4 Å². The van der Waals surface area contributed by atoms with Crippen LogP contribution in [0.4, 0.5) is 10.6 Å². The summed E-state index contributed by atoms with van der Waals surface area (Å²) in [5.41, 5.74) is 9.72. The number of carbonyl (C=O) groups is 3. The highest BCUT2D eigenvalue weighted by Gasteiger charge is 2.40. The van der Waals surface area contributed by atoms with Crippen LogP contribution in [0.25, 0.3) is 0 Å². The standard InChI is InChI=1S/C26H33N5O4/c1-15-21(8-9-23(27)29-15)13-28-24(32)16(2)30-25(33)22-12-18(14-31(22)26(34)35)10-17-4-3-5-20(11-17)19-6-7-19/h3-5,8-9,11,16,18-19,22H,6-7,10,12-14H2,1-2H3,(H2,27,29)(H,28,32)(H,30,33)(H,34,35)/t16?,18-,22+/m0/s1. The number of amides is 3. The summed E-state index contributed by atoms with van der Waals surface area (Å²) in [6, 6.07) is 10.3. The zero-order chi connectivity index (χ0) is 25.1. The van der Waals surface area contributed by atoms with Crippen LogP contribution in [0.2, 0.25) is 0 Å². The Hall–Kier alpha value is -3.62. The second-order valence-corrected chi connectivity index (χ2v) is 9.70. The van der Waals surface area contributed by atoms with Crippen molar-refractivity contribution >= 4 is 23.7 Å². The van der Waals surface area contributed by atoms with Crippen molar-refractivity contribution in [2.75, 3.05) is 12.3 Å². The summed E-state index contributed by atoms with van der Waals surface area (Å²) in [7, 11) is 0. The lowest BCUT2D eigenvalue weighted by Crippen LogP contribution is -2.51. The molecule has 1 unspecified atom stereocenters. The fraction of sp³-hybridized carbons (Fsp3) is 0.462. The molecule has 35 heavy (non-hydrogen) atoms. The van der Waals surface area contributed by atoms with Crippen molar-refractivity contribution in [2.24, 2.45) is 5.92 Å². The zero-order valence-corrected chi connectivity index (χ0v) is 20.2. The van der Waals surface area contributed by atoms with Gasteiger partial charge in [0.2, 0.25) is 11.8 Å². The van der Waals surface area contributed by atoms with Crippen LogP contribution >= 0.6 is 0 Å². The van der Waals surface area contributed by atoms with Gasteiger partial charge >= 0.3 is 6.09 Å². The Bertz CT molecular complexity index is 1120. The lowest BCUT2D eigenvalue weighted by molar-refractivity contribution is -0.130. The molecule has 4 rings (SSSR count). The summed E-state index contributed by atoms with van der Waals surface area (Å²) in [4.78, 5) is 42.7. The van der Waals surface area contributed by atoms with E-state index in [1.165, 1.54) is 28.9 Å². The maximum atomic E-state index is 13.0. The number of carboxylic acid groups (broad SMARTS) is 1. The minimum Gasteiger partial charge on any atom is -0.465 e. The molecule has 2 aliphatic rings. The van der Waals surface area contributed by atoms with E-state index < -0.39 is 24.1 Å². The number of hydrogen-bond donors (Lipinski definition) is 4. The van der Waals surface area contributed by atoms with Crippen molar-refractivity contribution in [3.63, 3.8) is 0 Å². The third kappa shape index (κ3) is 6.09. The van der Waals surface area contributed by atoms with Crippen LogP contribution in [0.15, 0.2) is 36.4 Å². The van der Waals surface area contributed by atoms with Gasteiger partial charge in [0.1, 0.15) is 17.9 Å². The van der Waals surface area contributed by atoms with Crippen LogP contribution in [0.5, 0.6) is 0 Å². The lowest BCUT2D eigenvalue weighted by atomic mass is 9.95. The molecular weight excluding hydrogens is 446 g/mol. The highest BCUT2D eigenvalue weighted by atomic mass is 16.4. The topological polar surface area (TPSA) is 138 Å². The molecule has 3 amide bonds. The van der Waals surface area contributed by atoms with E-state index in [1.54, 1.807) is 19.1 Å². The first-order valence-corrected chi connectivity index (χ1v) is 12.1. The van der Waals surface area contributed by atoms with Gasteiger partial charge in [-0.15, -0.1) is 0 Å². The molecule has 1 saturated carbocycles. The van der Waals surface area contributed by atoms with Gasteiger partial charge in [-0.25, -0.2) is 9.78 Å². The maximum Gasteiger partial charge on any atom is 0.407 e. The summed E-state index contributed by atoms with van der Waals surface area (Å²) in [5.74, 6) is 0.297. The van der Waals surface area contributed by atoms with Crippen molar-refractivity contribution in [2.45, 2.75) is 64.1 Å². The molecule has 0 spiro atoms. The van der Waals surface area contributed by atoms with Gasteiger partial charge in [-0.1, -0.05) is 30.3 Å². The van der Waals surface area contributed by atoms with E-state index in [0.29, 0.717) is 24.7 Å². The SMILES string of the molecule is Cc1nc(N)ccc1CNC(=O)C(C)NC(=O)[C@H]1C[C@H](Cc2cccc(C3CC3)c2)CN1C(=O)O. The Morgan fingerprint density at radius 3 is 2.69 bits per heavy atom. The van der Waals surface area contributed by atoms with Gasteiger partial charge in [0, 0.05) is 18.8 Å². The van der Waals surface area contributed by atoms with Crippen LogP contribution in [0.3, 0.4) is 0 Å². The van der Waals surface area contributed by atoms with E-state index in [4.69, 9.17) is 5.73 Å². The normalized spacial score (nSPS) is 20.3. The minimum atomic E-state index is -1.12. The van der Waals surface area contributed by atoms with E-state index in [2.05, 4.69) is 39.9 Å². The minimum absolute atomic E-state index is 0.0430. The second kappa shape index (κ2) is 10.3. The van der Waals surface area contributed by atoms with Gasteiger partial charge < -0.3 is 21.5 Å². The number of aromatic nitrogens is 1. The molecule has 1 aliphatic heterocycles. The molecule has 3 atom stereocenters. The average Bonchev–Trinajstić information content (AvgIpc) is 3.58. The van der Waals surface area contributed by atoms with Crippen molar-refractivity contribution < 1.29 is 19.5 Å². The molecule has 1 saturated heterocycles. The van der Waals surface area contributed by atoms with Crippen LogP contribution in [0, 0.1) is 12.8 Å². The van der Waals surface area contributed by atoms with Crippen molar-refractivity contribution in [1.82, 2.24) is 20.5 Å². The van der Waals surface area contributed by atoms with Crippen LogP contribution < -0.4 is 16.4 Å². The molecule has 9 nitrogen and oxygen atoms in total. The molecule has 2 aromatic rings. The largest absolute Gasteiger partial charge is 0.465 e. The number of anilines is 1. The van der Waals surface area contributed by atoms with Gasteiger partial charge in [-0.2, -0.15) is 0 Å². The Balaban J connectivity index is 1.33. The fourth-order valence-electron chi connectivity index (χ4n) is 4.76. The quantitative estimate of drug-likeness (QED) is 0.459. The highest BCUT2D eigenvalue weighted by molar-refractivity contribution is 5.91. The Morgan fingerprint density at radius 1 is 1.23 bits per heavy atom. The van der Waals surface area contributed by atoms with Crippen LogP contribution in [-0.4, -0.2) is 51.5 Å². The smallest absolute Gasteiger partial charge is 0.407 e. The average molecular weight is 480 g/mol. The Kier molecular flexibility index (Phi) is 7.23. The summed E-state index contributed by atoms with van der Waals surface area (Å²) in [6.45, 7) is 3.94. The number of benzene rings is 1. The molecule has 1 aromatic heterocycles.